The normalized spacial score (nSPS) is 21.3. The fourth-order valence-corrected chi connectivity index (χ4v) is 4.41. The van der Waals surface area contributed by atoms with Crippen LogP contribution in [0.3, 0.4) is 0 Å². The van der Waals surface area contributed by atoms with Crippen LogP contribution in [0.2, 0.25) is 0 Å². The zero-order chi connectivity index (χ0) is 18.7. The lowest BCUT2D eigenvalue weighted by Gasteiger charge is -2.38. The van der Waals surface area contributed by atoms with Crippen molar-refractivity contribution in [2.75, 3.05) is 13.1 Å². The van der Waals surface area contributed by atoms with Gasteiger partial charge in [-0.3, -0.25) is 4.90 Å². The third-order valence-electron chi connectivity index (χ3n) is 6.17. The lowest BCUT2D eigenvalue weighted by atomic mass is 9.84. The molecule has 1 aromatic carbocycles. The van der Waals surface area contributed by atoms with Crippen LogP contribution in [0.25, 0.3) is 0 Å². The minimum absolute atomic E-state index is 0.267. The van der Waals surface area contributed by atoms with E-state index in [1.165, 1.54) is 44.2 Å². The van der Waals surface area contributed by atoms with Gasteiger partial charge in [-0.15, -0.1) is 0 Å². The average Bonchev–Trinajstić information content (AvgIpc) is 2.71. The summed E-state index contributed by atoms with van der Waals surface area (Å²) in [5.41, 5.74) is 1.08. The summed E-state index contributed by atoms with van der Waals surface area (Å²) in [5, 5.41) is 10.9. The molecule has 2 heterocycles. The van der Waals surface area contributed by atoms with Crippen molar-refractivity contribution in [1.29, 1.82) is 0 Å². The van der Waals surface area contributed by atoms with Crippen LogP contribution in [0.4, 0.5) is 4.39 Å². The predicted octanol–water partition coefficient (Wildman–Crippen LogP) is 4.15. The van der Waals surface area contributed by atoms with Crippen LogP contribution >= 0.6 is 0 Å². The van der Waals surface area contributed by atoms with E-state index in [9.17, 15) is 9.50 Å². The Bertz CT molecular complexity index is 733. The SMILES string of the molecule is OC1(c2ccc(F)cc2)CCN(Cc2cnc(C3CCCCC3)nc2)CC1. The highest BCUT2D eigenvalue weighted by atomic mass is 19.1. The van der Waals surface area contributed by atoms with Crippen LogP contribution < -0.4 is 0 Å². The van der Waals surface area contributed by atoms with Crippen LogP contribution in [0.1, 0.15) is 67.8 Å². The van der Waals surface area contributed by atoms with E-state index < -0.39 is 5.60 Å². The molecule has 27 heavy (non-hydrogen) atoms. The number of benzene rings is 1. The summed E-state index contributed by atoms with van der Waals surface area (Å²) in [7, 11) is 0. The quantitative estimate of drug-likeness (QED) is 0.880. The van der Waals surface area contributed by atoms with Crippen molar-refractivity contribution < 1.29 is 9.50 Å². The first kappa shape index (κ1) is 18.5. The van der Waals surface area contributed by atoms with E-state index in [1.807, 2.05) is 12.4 Å². The molecule has 4 nitrogen and oxygen atoms in total. The first-order valence-electron chi connectivity index (χ1n) is 10.1. The van der Waals surface area contributed by atoms with Crippen molar-refractivity contribution in [2.45, 2.75) is 63.0 Å². The highest BCUT2D eigenvalue weighted by Gasteiger charge is 2.34. The number of aliphatic hydroxyl groups is 1. The molecule has 2 aromatic rings. The summed E-state index contributed by atoms with van der Waals surface area (Å²) in [6.45, 7) is 2.42. The number of halogens is 1. The Morgan fingerprint density at radius 3 is 2.26 bits per heavy atom. The third kappa shape index (κ3) is 4.36. The highest BCUT2D eigenvalue weighted by molar-refractivity contribution is 5.24. The second kappa shape index (κ2) is 8.03. The number of likely N-dealkylation sites (tertiary alicyclic amines) is 1. The van der Waals surface area contributed by atoms with E-state index in [4.69, 9.17) is 0 Å². The molecular weight excluding hydrogens is 341 g/mol. The molecule has 4 rings (SSSR count). The number of piperidine rings is 1. The Kier molecular flexibility index (Phi) is 5.50. The molecule has 1 N–H and O–H groups in total. The predicted molar refractivity (Wildman–Crippen MR) is 103 cm³/mol. The van der Waals surface area contributed by atoms with E-state index >= 15 is 0 Å². The van der Waals surface area contributed by atoms with Crippen molar-refractivity contribution in [3.63, 3.8) is 0 Å². The van der Waals surface area contributed by atoms with Gasteiger partial charge >= 0.3 is 0 Å². The van der Waals surface area contributed by atoms with Crippen LogP contribution in [0, 0.1) is 5.82 Å². The smallest absolute Gasteiger partial charge is 0.131 e. The van der Waals surface area contributed by atoms with Crippen molar-refractivity contribution in [3.05, 3.63) is 59.4 Å². The number of rotatable bonds is 4. The van der Waals surface area contributed by atoms with Crippen LogP contribution in [0.15, 0.2) is 36.7 Å². The molecule has 0 radical (unpaired) electrons. The first-order chi connectivity index (χ1) is 13.1. The van der Waals surface area contributed by atoms with Gasteiger partial charge in [0, 0.05) is 43.5 Å². The number of nitrogens with zero attached hydrogens (tertiary/aromatic N) is 3. The minimum Gasteiger partial charge on any atom is -0.385 e. The molecule has 2 aliphatic rings. The minimum atomic E-state index is -0.856. The number of aromatic nitrogens is 2. The van der Waals surface area contributed by atoms with Gasteiger partial charge in [-0.2, -0.15) is 0 Å². The Hall–Kier alpha value is -1.85. The summed E-state index contributed by atoms with van der Waals surface area (Å²) in [4.78, 5) is 11.6. The second-order valence-electron chi connectivity index (χ2n) is 8.10. The maximum Gasteiger partial charge on any atom is 0.131 e. The molecule has 1 aromatic heterocycles. The highest BCUT2D eigenvalue weighted by Crippen LogP contribution is 2.33. The lowest BCUT2D eigenvalue weighted by Crippen LogP contribution is -2.42. The topological polar surface area (TPSA) is 49.2 Å². The zero-order valence-electron chi connectivity index (χ0n) is 15.8. The number of hydrogen-bond donors (Lipinski definition) is 1. The molecule has 5 heteroatoms. The van der Waals surface area contributed by atoms with Gasteiger partial charge in [-0.05, 0) is 43.4 Å². The van der Waals surface area contributed by atoms with Gasteiger partial charge in [0.25, 0.3) is 0 Å². The zero-order valence-corrected chi connectivity index (χ0v) is 15.8. The van der Waals surface area contributed by atoms with Crippen LogP contribution in [-0.2, 0) is 12.1 Å². The molecular formula is C22H28FN3O. The maximum absolute atomic E-state index is 13.1. The molecule has 0 spiro atoms. The van der Waals surface area contributed by atoms with E-state index in [0.717, 1.165) is 36.6 Å². The molecule has 0 amide bonds. The van der Waals surface area contributed by atoms with E-state index in [2.05, 4.69) is 14.9 Å². The maximum atomic E-state index is 13.1. The van der Waals surface area contributed by atoms with Crippen LogP contribution in [0.5, 0.6) is 0 Å². The van der Waals surface area contributed by atoms with Gasteiger partial charge in [0.1, 0.15) is 11.6 Å². The summed E-state index contributed by atoms with van der Waals surface area (Å²) in [6.07, 6.45) is 11.6. The van der Waals surface area contributed by atoms with E-state index in [0.29, 0.717) is 18.8 Å². The van der Waals surface area contributed by atoms with Gasteiger partial charge in [0.05, 0.1) is 5.60 Å². The molecule has 0 bridgehead atoms. The van der Waals surface area contributed by atoms with Crippen molar-refractivity contribution in [1.82, 2.24) is 14.9 Å². The average molecular weight is 369 g/mol. The Morgan fingerprint density at radius 2 is 1.63 bits per heavy atom. The first-order valence-corrected chi connectivity index (χ1v) is 10.1. The molecule has 1 aliphatic carbocycles. The van der Waals surface area contributed by atoms with Crippen molar-refractivity contribution in [3.8, 4) is 0 Å². The van der Waals surface area contributed by atoms with Gasteiger partial charge in [-0.1, -0.05) is 31.4 Å². The molecule has 1 aliphatic heterocycles. The lowest BCUT2D eigenvalue weighted by molar-refractivity contribution is -0.0278. The second-order valence-corrected chi connectivity index (χ2v) is 8.10. The van der Waals surface area contributed by atoms with E-state index in [-0.39, 0.29) is 5.82 Å². The molecule has 144 valence electrons. The van der Waals surface area contributed by atoms with E-state index in [1.54, 1.807) is 12.1 Å². The molecule has 1 saturated heterocycles. The largest absolute Gasteiger partial charge is 0.385 e. The summed E-state index contributed by atoms with van der Waals surface area (Å²) < 4.78 is 13.1. The van der Waals surface area contributed by atoms with Gasteiger partial charge in [0.15, 0.2) is 0 Å². The molecule has 0 unspecified atom stereocenters. The fourth-order valence-electron chi connectivity index (χ4n) is 4.41. The van der Waals surface area contributed by atoms with Crippen molar-refractivity contribution in [2.24, 2.45) is 0 Å². The van der Waals surface area contributed by atoms with Gasteiger partial charge in [-0.25, -0.2) is 14.4 Å². The standard InChI is InChI=1S/C22H28FN3O/c23-20-8-6-19(7-9-20)22(27)10-12-26(13-11-22)16-17-14-24-21(25-15-17)18-4-2-1-3-5-18/h6-9,14-15,18,27H,1-5,10-13,16H2. The molecule has 1 saturated carbocycles. The third-order valence-corrected chi connectivity index (χ3v) is 6.17. The van der Waals surface area contributed by atoms with Gasteiger partial charge in [0.2, 0.25) is 0 Å². The molecule has 0 atom stereocenters. The Morgan fingerprint density at radius 1 is 1.00 bits per heavy atom. The summed E-state index contributed by atoms with van der Waals surface area (Å²) in [6, 6.07) is 6.24. The van der Waals surface area contributed by atoms with Gasteiger partial charge < -0.3 is 5.11 Å². The summed E-state index contributed by atoms with van der Waals surface area (Å²) in [5.74, 6) is 1.27. The monoisotopic (exact) mass is 369 g/mol. The summed E-state index contributed by atoms with van der Waals surface area (Å²) >= 11 is 0. The Balaban J connectivity index is 1.33. The molecule has 2 fully saturated rings. The van der Waals surface area contributed by atoms with Crippen molar-refractivity contribution >= 4 is 0 Å². The number of hydrogen-bond acceptors (Lipinski definition) is 4. The Labute approximate surface area is 160 Å². The fraction of sp³-hybridized carbons (Fsp3) is 0.545. The van der Waals surface area contributed by atoms with Crippen LogP contribution in [-0.4, -0.2) is 33.1 Å².